The summed E-state index contributed by atoms with van der Waals surface area (Å²) in [5.41, 5.74) is 8.21. The third kappa shape index (κ3) is 3.71. The van der Waals surface area contributed by atoms with Crippen molar-refractivity contribution in [3.05, 3.63) is 88.0 Å². The van der Waals surface area contributed by atoms with Crippen LogP contribution in [0.3, 0.4) is 0 Å². The highest BCUT2D eigenvalue weighted by Crippen LogP contribution is 2.52. The molecule has 0 amide bonds. The molecule has 0 spiro atoms. The van der Waals surface area contributed by atoms with E-state index in [1.807, 2.05) is 10.9 Å². The number of halogens is 1. The summed E-state index contributed by atoms with van der Waals surface area (Å²) in [4.78, 5) is 0. The lowest BCUT2D eigenvalue weighted by atomic mass is 9.58. The van der Waals surface area contributed by atoms with Crippen molar-refractivity contribution in [1.29, 1.82) is 0 Å². The van der Waals surface area contributed by atoms with Crippen molar-refractivity contribution in [3.8, 4) is 5.69 Å². The van der Waals surface area contributed by atoms with E-state index in [0.29, 0.717) is 6.42 Å². The van der Waals surface area contributed by atoms with Crippen molar-refractivity contribution in [2.45, 2.75) is 59.0 Å². The number of allylic oxidation sites excluding steroid dienone is 1. The van der Waals surface area contributed by atoms with E-state index in [9.17, 15) is 9.50 Å². The lowest BCUT2D eigenvalue weighted by molar-refractivity contribution is 0.0234. The molecule has 3 atom stereocenters. The Morgan fingerprint density at radius 1 is 1.16 bits per heavy atom. The third-order valence-electron chi connectivity index (χ3n) is 7.53. The Balaban J connectivity index is 1.45. The Morgan fingerprint density at radius 2 is 1.88 bits per heavy atom. The van der Waals surface area contributed by atoms with Crippen LogP contribution in [0, 0.1) is 31.0 Å². The molecule has 0 saturated heterocycles. The standard InChI is InChI=1S/C28H31FN2O/c1-18-11-19(2)13-20(12-18)14-27(32)25-6-4-5-22-15-26-21(16-28(22,25)3)17-30-31(26)24-9-7-23(29)8-10-24/h7-13,15,17,25,27,32H,4-6,14,16H2,1-3H3/t25-,27+,28+/m1/s1. The quantitative estimate of drug-likeness (QED) is 0.553. The fourth-order valence-electron chi connectivity index (χ4n) is 6.05. The van der Waals surface area contributed by atoms with Gasteiger partial charge in [-0.2, -0.15) is 5.10 Å². The first-order valence-corrected chi connectivity index (χ1v) is 11.6. The Bertz CT molecular complexity index is 1160. The molecule has 2 aliphatic carbocycles. The van der Waals surface area contributed by atoms with Crippen LogP contribution in [-0.4, -0.2) is 21.0 Å². The van der Waals surface area contributed by atoms with Gasteiger partial charge in [-0.1, -0.05) is 41.8 Å². The predicted octanol–water partition coefficient (Wildman–Crippen LogP) is 5.98. The fraction of sp³-hybridized carbons (Fsp3) is 0.393. The second-order valence-electron chi connectivity index (χ2n) is 9.97. The van der Waals surface area contributed by atoms with E-state index >= 15 is 0 Å². The number of rotatable bonds is 4. The smallest absolute Gasteiger partial charge is 0.123 e. The van der Waals surface area contributed by atoms with Gasteiger partial charge in [0.15, 0.2) is 0 Å². The van der Waals surface area contributed by atoms with Crippen LogP contribution in [0.5, 0.6) is 0 Å². The number of hydrogen-bond donors (Lipinski definition) is 1. The van der Waals surface area contributed by atoms with Crippen molar-refractivity contribution in [2.24, 2.45) is 11.3 Å². The van der Waals surface area contributed by atoms with Crippen LogP contribution in [0.15, 0.2) is 54.2 Å². The summed E-state index contributed by atoms with van der Waals surface area (Å²) in [6.07, 6.45) is 8.61. The zero-order valence-corrected chi connectivity index (χ0v) is 19.1. The molecule has 0 aliphatic heterocycles. The zero-order chi connectivity index (χ0) is 22.5. The lowest BCUT2D eigenvalue weighted by Gasteiger charge is -2.47. The summed E-state index contributed by atoms with van der Waals surface area (Å²) < 4.78 is 15.3. The molecule has 3 aromatic rings. The van der Waals surface area contributed by atoms with Crippen LogP contribution in [-0.2, 0) is 12.8 Å². The SMILES string of the molecule is Cc1cc(C)cc(C[C@H](O)[C@H]2CCCC3=Cc4c(cnn4-c4ccc(F)cc4)C[C@@]32C)c1. The van der Waals surface area contributed by atoms with Gasteiger partial charge in [0.1, 0.15) is 5.82 Å². The number of aliphatic hydroxyl groups excluding tert-OH is 1. The van der Waals surface area contributed by atoms with E-state index in [0.717, 1.165) is 37.1 Å². The predicted molar refractivity (Wildman–Crippen MR) is 126 cm³/mol. The third-order valence-corrected chi connectivity index (χ3v) is 7.53. The first-order chi connectivity index (χ1) is 15.3. The van der Waals surface area contributed by atoms with E-state index in [2.05, 4.69) is 50.1 Å². The average molecular weight is 431 g/mol. The Labute approximate surface area is 189 Å². The van der Waals surface area contributed by atoms with Gasteiger partial charge >= 0.3 is 0 Å². The topological polar surface area (TPSA) is 38.1 Å². The maximum Gasteiger partial charge on any atom is 0.123 e. The monoisotopic (exact) mass is 430 g/mol. The van der Waals surface area contributed by atoms with E-state index in [4.69, 9.17) is 0 Å². The number of aryl methyl sites for hydroxylation is 2. The van der Waals surface area contributed by atoms with Gasteiger partial charge in [-0.3, -0.25) is 0 Å². The van der Waals surface area contributed by atoms with Crippen molar-refractivity contribution >= 4 is 6.08 Å². The summed E-state index contributed by atoms with van der Waals surface area (Å²) in [5, 5.41) is 16.0. The highest BCUT2D eigenvalue weighted by molar-refractivity contribution is 5.61. The van der Waals surface area contributed by atoms with Crippen LogP contribution >= 0.6 is 0 Å². The number of hydrogen-bond acceptors (Lipinski definition) is 2. The minimum absolute atomic E-state index is 0.0693. The van der Waals surface area contributed by atoms with E-state index in [-0.39, 0.29) is 23.3 Å². The number of aromatic nitrogens is 2. The molecule has 166 valence electrons. The molecule has 1 heterocycles. The maximum atomic E-state index is 13.4. The molecule has 1 N–H and O–H groups in total. The minimum atomic E-state index is -0.376. The molecule has 1 aromatic heterocycles. The molecule has 4 heteroatoms. The lowest BCUT2D eigenvalue weighted by Crippen LogP contribution is -2.44. The summed E-state index contributed by atoms with van der Waals surface area (Å²) >= 11 is 0. The van der Waals surface area contributed by atoms with Crippen LogP contribution in [0.25, 0.3) is 11.8 Å². The van der Waals surface area contributed by atoms with E-state index < -0.39 is 0 Å². The molecule has 1 saturated carbocycles. The summed E-state index contributed by atoms with van der Waals surface area (Å²) in [5.74, 6) is -0.0285. The Morgan fingerprint density at radius 3 is 2.59 bits per heavy atom. The molecule has 1 fully saturated rings. The number of benzene rings is 2. The second kappa shape index (κ2) is 8.00. The van der Waals surface area contributed by atoms with Crippen molar-refractivity contribution < 1.29 is 9.50 Å². The van der Waals surface area contributed by atoms with Crippen molar-refractivity contribution in [1.82, 2.24) is 9.78 Å². The van der Waals surface area contributed by atoms with Gasteiger partial charge in [0, 0.05) is 0 Å². The molecule has 0 radical (unpaired) electrons. The first-order valence-electron chi connectivity index (χ1n) is 11.6. The Hall–Kier alpha value is -2.72. The van der Waals surface area contributed by atoms with Crippen molar-refractivity contribution in [2.75, 3.05) is 0 Å². The molecule has 3 nitrogen and oxygen atoms in total. The molecular weight excluding hydrogens is 399 g/mol. The van der Waals surface area contributed by atoms with Gasteiger partial charge in [0.2, 0.25) is 0 Å². The van der Waals surface area contributed by atoms with Gasteiger partial charge in [-0.25, -0.2) is 9.07 Å². The van der Waals surface area contributed by atoms with E-state index in [1.165, 1.54) is 40.0 Å². The number of aliphatic hydroxyl groups is 1. The van der Waals surface area contributed by atoms with Crippen LogP contribution < -0.4 is 0 Å². The van der Waals surface area contributed by atoms with Gasteiger partial charge in [-0.05, 0) is 98.8 Å². The maximum absolute atomic E-state index is 13.4. The average Bonchev–Trinajstić information content (AvgIpc) is 3.13. The van der Waals surface area contributed by atoms with Crippen LogP contribution in [0.4, 0.5) is 4.39 Å². The molecule has 2 aliphatic rings. The van der Waals surface area contributed by atoms with Crippen LogP contribution in [0.1, 0.15) is 54.1 Å². The molecule has 0 bridgehead atoms. The van der Waals surface area contributed by atoms with Crippen LogP contribution in [0.2, 0.25) is 0 Å². The number of nitrogens with zero attached hydrogens (tertiary/aromatic N) is 2. The van der Waals surface area contributed by atoms with Gasteiger partial charge < -0.3 is 5.11 Å². The highest BCUT2D eigenvalue weighted by atomic mass is 19.1. The number of fused-ring (bicyclic) bond motifs is 2. The zero-order valence-electron chi connectivity index (χ0n) is 19.1. The summed E-state index contributed by atoms with van der Waals surface area (Å²) in [7, 11) is 0. The van der Waals surface area contributed by atoms with E-state index in [1.54, 1.807) is 12.1 Å². The molecule has 0 unspecified atom stereocenters. The van der Waals surface area contributed by atoms with Gasteiger partial charge in [0.05, 0.1) is 23.7 Å². The largest absolute Gasteiger partial charge is 0.392 e. The normalized spacial score (nSPS) is 23.3. The van der Waals surface area contributed by atoms with Gasteiger partial charge in [0.25, 0.3) is 0 Å². The molecule has 32 heavy (non-hydrogen) atoms. The van der Waals surface area contributed by atoms with Gasteiger partial charge in [-0.15, -0.1) is 0 Å². The van der Waals surface area contributed by atoms with Crippen molar-refractivity contribution in [3.63, 3.8) is 0 Å². The molecule has 5 rings (SSSR count). The summed E-state index contributed by atoms with van der Waals surface area (Å²) in [6.45, 7) is 6.56. The second-order valence-corrected chi connectivity index (χ2v) is 9.97. The minimum Gasteiger partial charge on any atom is -0.392 e. The Kier molecular flexibility index (Phi) is 5.29. The fourth-order valence-corrected chi connectivity index (χ4v) is 6.05. The molecule has 2 aromatic carbocycles. The molecular formula is C28H31FN2O. The first kappa shape index (κ1) is 21.1. The highest BCUT2D eigenvalue weighted by Gasteiger charge is 2.46. The summed E-state index contributed by atoms with van der Waals surface area (Å²) in [6, 6.07) is 13.1.